The molecule has 1 atom stereocenters. The van der Waals surface area contributed by atoms with Crippen LogP contribution in [0.25, 0.3) is 0 Å². The van der Waals surface area contributed by atoms with Gasteiger partial charge in [0.05, 0.1) is 0 Å². The van der Waals surface area contributed by atoms with Gasteiger partial charge in [-0.1, -0.05) is 0 Å². The molecule has 0 aliphatic carbocycles. The molecule has 3 heteroatoms. The second-order valence-electron chi connectivity index (χ2n) is 2.97. The smallest absolute Gasteiger partial charge is 0.0362 e. The number of hydrogen-bond donors (Lipinski definition) is 2. The molecule has 10 heavy (non-hydrogen) atoms. The van der Waals surface area contributed by atoms with Gasteiger partial charge in [-0.25, -0.2) is 0 Å². The third-order valence-electron chi connectivity index (χ3n) is 2.30. The quantitative estimate of drug-likeness (QED) is 0.453. The number of nitrogens with one attached hydrogen (secondary N) is 2. The summed E-state index contributed by atoms with van der Waals surface area (Å²) in [5.74, 6) is 0. The third kappa shape index (κ3) is 1.17. The highest BCUT2D eigenvalue weighted by Crippen LogP contribution is 2.05. The molecular formula is C7H14N3. The molecule has 0 aromatic heterocycles. The van der Waals surface area contributed by atoms with Crippen LogP contribution in [-0.4, -0.2) is 43.7 Å². The van der Waals surface area contributed by atoms with Crippen LogP contribution in [0, 0.1) is 6.54 Å². The predicted octanol–water partition coefficient (Wildman–Crippen LogP) is -0.975. The largest absolute Gasteiger partial charge is 0.314 e. The van der Waals surface area contributed by atoms with Crippen LogP contribution in [0.4, 0.5) is 0 Å². The van der Waals surface area contributed by atoms with E-state index >= 15 is 0 Å². The summed E-state index contributed by atoms with van der Waals surface area (Å²) in [4.78, 5) is 2.52. The fraction of sp³-hybridized carbons (Fsp3) is 0.857. The molecule has 0 aromatic rings. The van der Waals surface area contributed by atoms with E-state index < -0.39 is 0 Å². The standard InChI is InChI=1S/C7H14N3/c1-3-10-4-2-9-6-7(10)5-8-1/h1,7-9H,2-6H2. The van der Waals surface area contributed by atoms with Gasteiger partial charge < -0.3 is 10.6 Å². The molecule has 2 heterocycles. The molecule has 1 radical (unpaired) electrons. The number of fused-ring (bicyclic) bond motifs is 1. The second kappa shape index (κ2) is 2.86. The van der Waals surface area contributed by atoms with E-state index in [1.54, 1.807) is 0 Å². The summed E-state index contributed by atoms with van der Waals surface area (Å²) in [5, 5.41) is 6.67. The Hall–Kier alpha value is -0.120. The Morgan fingerprint density at radius 3 is 3.30 bits per heavy atom. The van der Waals surface area contributed by atoms with Gasteiger partial charge in [-0.05, 0) is 0 Å². The Kier molecular flexibility index (Phi) is 1.88. The van der Waals surface area contributed by atoms with Gasteiger partial charge >= 0.3 is 0 Å². The lowest BCUT2D eigenvalue weighted by Gasteiger charge is -2.39. The first-order chi connectivity index (χ1) is 4.97. The lowest BCUT2D eigenvalue weighted by Crippen LogP contribution is -2.58. The molecule has 0 spiro atoms. The topological polar surface area (TPSA) is 27.3 Å². The van der Waals surface area contributed by atoms with E-state index in [4.69, 9.17) is 0 Å². The van der Waals surface area contributed by atoms with Crippen LogP contribution >= 0.6 is 0 Å². The van der Waals surface area contributed by atoms with Crippen LogP contribution in [0.3, 0.4) is 0 Å². The van der Waals surface area contributed by atoms with Gasteiger partial charge in [0.25, 0.3) is 0 Å². The highest BCUT2D eigenvalue weighted by Gasteiger charge is 2.23. The maximum absolute atomic E-state index is 3.39. The fourth-order valence-corrected chi connectivity index (χ4v) is 1.65. The SMILES string of the molecule is [CH]1CN2CCNCC2CN1. The molecule has 2 rings (SSSR count). The first-order valence-electron chi connectivity index (χ1n) is 3.96. The molecule has 2 saturated heterocycles. The molecule has 0 amide bonds. The van der Waals surface area contributed by atoms with Crippen molar-refractivity contribution in [1.82, 2.24) is 15.5 Å². The second-order valence-corrected chi connectivity index (χ2v) is 2.97. The van der Waals surface area contributed by atoms with Gasteiger partial charge in [-0.15, -0.1) is 0 Å². The van der Waals surface area contributed by atoms with Gasteiger partial charge in [-0.2, -0.15) is 0 Å². The van der Waals surface area contributed by atoms with Crippen molar-refractivity contribution in [1.29, 1.82) is 0 Å². The summed E-state index contributed by atoms with van der Waals surface area (Å²) in [6.07, 6.45) is 0. The zero-order valence-corrected chi connectivity index (χ0v) is 6.14. The summed E-state index contributed by atoms with van der Waals surface area (Å²) in [6.45, 7) is 7.91. The average molecular weight is 140 g/mol. The number of nitrogens with zero attached hydrogens (tertiary/aromatic N) is 1. The van der Waals surface area contributed by atoms with Crippen LogP contribution in [0.1, 0.15) is 0 Å². The Labute approximate surface area is 61.8 Å². The molecule has 57 valence electrons. The van der Waals surface area contributed by atoms with Gasteiger partial charge in [0, 0.05) is 45.3 Å². The number of rotatable bonds is 0. The van der Waals surface area contributed by atoms with Crippen molar-refractivity contribution in [2.75, 3.05) is 32.7 Å². The Morgan fingerprint density at radius 2 is 2.40 bits per heavy atom. The van der Waals surface area contributed by atoms with Crippen molar-refractivity contribution in [3.05, 3.63) is 6.54 Å². The van der Waals surface area contributed by atoms with E-state index in [9.17, 15) is 0 Å². The van der Waals surface area contributed by atoms with E-state index in [0.717, 1.165) is 32.2 Å². The van der Waals surface area contributed by atoms with Gasteiger partial charge in [-0.3, -0.25) is 4.90 Å². The van der Waals surface area contributed by atoms with Gasteiger partial charge in [0.2, 0.25) is 0 Å². The first-order valence-corrected chi connectivity index (χ1v) is 3.96. The number of piperazine rings is 2. The summed E-state index contributed by atoms with van der Waals surface area (Å²) in [6, 6.07) is 0.735. The molecule has 2 N–H and O–H groups in total. The Balaban J connectivity index is 1.93. The van der Waals surface area contributed by atoms with Crippen LogP contribution in [0.15, 0.2) is 0 Å². The van der Waals surface area contributed by atoms with E-state index in [2.05, 4.69) is 22.1 Å². The summed E-state index contributed by atoms with van der Waals surface area (Å²) < 4.78 is 0. The van der Waals surface area contributed by atoms with Gasteiger partial charge in [0.1, 0.15) is 0 Å². The maximum Gasteiger partial charge on any atom is 0.0362 e. The predicted molar refractivity (Wildman–Crippen MR) is 40.5 cm³/mol. The van der Waals surface area contributed by atoms with Crippen molar-refractivity contribution >= 4 is 0 Å². The fourth-order valence-electron chi connectivity index (χ4n) is 1.65. The maximum atomic E-state index is 3.39. The lowest BCUT2D eigenvalue weighted by molar-refractivity contribution is 0.148. The van der Waals surface area contributed by atoms with E-state index in [1.807, 2.05) is 0 Å². The molecule has 2 fully saturated rings. The van der Waals surface area contributed by atoms with Crippen molar-refractivity contribution < 1.29 is 0 Å². The zero-order chi connectivity index (χ0) is 6.81. The van der Waals surface area contributed by atoms with E-state index in [1.165, 1.54) is 6.54 Å². The van der Waals surface area contributed by atoms with Crippen molar-refractivity contribution in [3.8, 4) is 0 Å². The third-order valence-corrected chi connectivity index (χ3v) is 2.30. The number of hydrogen-bond acceptors (Lipinski definition) is 3. The Bertz CT molecular complexity index is 89.4. The minimum absolute atomic E-state index is 0.735. The molecule has 0 saturated carbocycles. The van der Waals surface area contributed by atoms with Crippen LogP contribution < -0.4 is 10.6 Å². The zero-order valence-electron chi connectivity index (χ0n) is 6.14. The monoisotopic (exact) mass is 140 g/mol. The molecule has 2 aliphatic heterocycles. The van der Waals surface area contributed by atoms with E-state index in [0.29, 0.717) is 0 Å². The molecule has 3 nitrogen and oxygen atoms in total. The summed E-state index contributed by atoms with van der Waals surface area (Å²) in [7, 11) is 0. The minimum atomic E-state index is 0.735. The lowest BCUT2D eigenvalue weighted by atomic mass is 10.1. The molecular weight excluding hydrogens is 126 g/mol. The van der Waals surface area contributed by atoms with Crippen LogP contribution in [0.2, 0.25) is 0 Å². The van der Waals surface area contributed by atoms with Gasteiger partial charge in [0.15, 0.2) is 0 Å². The summed E-state index contributed by atoms with van der Waals surface area (Å²) in [5.41, 5.74) is 0. The summed E-state index contributed by atoms with van der Waals surface area (Å²) >= 11 is 0. The minimum Gasteiger partial charge on any atom is -0.314 e. The highest BCUT2D eigenvalue weighted by atomic mass is 15.3. The normalized spacial score (nSPS) is 30.0. The first kappa shape index (κ1) is 6.58. The van der Waals surface area contributed by atoms with Crippen molar-refractivity contribution in [3.63, 3.8) is 0 Å². The molecule has 0 aromatic carbocycles. The molecule has 0 bridgehead atoms. The van der Waals surface area contributed by atoms with Crippen molar-refractivity contribution in [2.24, 2.45) is 0 Å². The van der Waals surface area contributed by atoms with Crippen LogP contribution in [0.5, 0.6) is 0 Å². The average Bonchev–Trinajstić information content (AvgIpc) is 2.05. The van der Waals surface area contributed by atoms with E-state index in [-0.39, 0.29) is 0 Å². The molecule has 1 unspecified atom stereocenters. The van der Waals surface area contributed by atoms with Crippen molar-refractivity contribution in [2.45, 2.75) is 6.04 Å². The molecule has 2 aliphatic rings. The highest BCUT2D eigenvalue weighted by molar-refractivity contribution is 4.89. The van der Waals surface area contributed by atoms with Crippen LogP contribution in [-0.2, 0) is 0 Å². The Morgan fingerprint density at radius 1 is 1.40 bits per heavy atom.